The van der Waals surface area contributed by atoms with E-state index in [0.29, 0.717) is 4.43 Å². The molecule has 110 valence electrons. The van der Waals surface area contributed by atoms with E-state index in [1.165, 1.54) is 16.8 Å². The summed E-state index contributed by atoms with van der Waals surface area (Å²) in [7, 11) is 0. The van der Waals surface area contributed by atoms with Crippen LogP contribution in [0.2, 0.25) is 0 Å². The van der Waals surface area contributed by atoms with E-state index in [2.05, 4.69) is 10.3 Å². The molecule has 0 spiro atoms. The quantitative estimate of drug-likeness (QED) is 0.435. The fraction of sp³-hybridized carbons (Fsp3) is 0.545. The number of aromatic amines is 1. The highest BCUT2D eigenvalue weighted by Crippen LogP contribution is 2.26. The number of carbonyl (C=O) groups is 1. The lowest BCUT2D eigenvalue weighted by Gasteiger charge is -2.16. The molecule has 0 saturated carbocycles. The van der Waals surface area contributed by atoms with Crippen molar-refractivity contribution in [3.05, 3.63) is 33.1 Å². The molecule has 8 nitrogen and oxygen atoms in total. The molecule has 3 unspecified atom stereocenters. The van der Waals surface area contributed by atoms with Gasteiger partial charge in [0.25, 0.3) is 5.56 Å². The van der Waals surface area contributed by atoms with Crippen molar-refractivity contribution in [2.45, 2.75) is 24.9 Å². The summed E-state index contributed by atoms with van der Waals surface area (Å²) in [5, 5.41) is 12.5. The number of amides is 1. The van der Waals surface area contributed by atoms with Crippen LogP contribution in [0.1, 0.15) is 12.6 Å². The molecule has 3 atom stereocenters. The lowest BCUT2D eigenvalue weighted by molar-refractivity contribution is -0.119. The van der Waals surface area contributed by atoms with E-state index in [-0.39, 0.29) is 18.9 Å². The molecule has 0 aromatic carbocycles. The third-order valence-corrected chi connectivity index (χ3v) is 3.68. The molecule has 1 saturated heterocycles. The van der Waals surface area contributed by atoms with Gasteiger partial charge in [0.15, 0.2) is 0 Å². The van der Waals surface area contributed by atoms with Crippen LogP contribution in [-0.4, -0.2) is 43.7 Å². The summed E-state index contributed by atoms with van der Waals surface area (Å²) in [4.78, 5) is 35.9. The Morgan fingerprint density at radius 1 is 1.60 bits per heavy atom. The lowest BCUT2D eigenvalue weighted by Crippen LogP contribution is -2.37. The normalized spacial score (nSPS) is 25.6. The maximum atomic E-state index is 11.6. The number of rotatable bonds is 4. The van der Waals surface area contributed by atoms with Crippen LogP contribution >= 0.6 is 22.6 Å². The molecule has 2 rings (SSSR count). The minimum absolute atomic E-state index is 0.147. The molecule has 1 aromatic heterocycles. The molecular weight excluding hydrogens is 381 g/mol. The first-order valence-electron chi connectivity index (χ1n) is 5.99. The van der Waals surface area contributed by atoms with Crippen LogP contribution in [0, 0.1) is 0 Å². The molecule has 1 aliphatic heterocycles. The third-order valence-electron chi connectivity index (χ3n) is 2.99. The number of alkyl halides is 1. The number of aliphatic hydroxyl groups is 1. The summed E-state index contributed by atoms with van der Waals surface area (Å²) in [6.45, 7) is 0.178. The zero-order chi connectivity index (χ0) is 14.7. The van der Waals surface area contributed by atoms with Crippen molar-refractivity contribution in [1.29, 1.82) is 0 Å². The summed E-state index contributed by atoms with van der Waals surface area (Å²) in [5.74, 6) is -0.147. The van der Waals surface area contributed by atoms with Crippen LogP contribution in [0.3, 0.4) is 0 Å². The minimum Gasteiger partial charge on any atom is -0.390 e. The van der Waals surface area contributed by atoms with E-state index in [1.807, 2.05) is 22.6 Å². The van der Waals surface area contributed by atoms with E-state index in [0.717, 1.165) is 0 Å². The Morgan fingerprint density at radius 2 is 2.35 bits per heavy atom. The van der Waals surface area contributed by atoms with Crippen molar-refractivity contribution >= 4 is 28.5 Å². The highest BCUT2D eigenvalue weighted by molar-refractivity contribution is 14.1. The van der Waals surface area contributed by atoms with Gasteiger partial charge in [-0.25, -0.2) is 4.79 Å². The number of aliphatic hydroxyl groups excluding tert-OH is 1. The average Bonchev–Trinajstić information content (AvgIpc) is 2.77. The number of H-pyrrole nitrogens is 1. The van der Waals surface area contributed by atoms with Gasteiger partial charge in [-0.2, -0.15) is 0 Å². The van der Waals surface area contributed by atoms with E-state index in [4.69, 9.17) is 4.74 Å². The summed E-state index contributed by atoms with van der Waals surface area (Å²) < 4.78 is 7.08. The zero-order valence-electron chi connectivity index (χ0n) is 10.4. The van der Waals surface area contributed by atoms with Crippen LogP contribution < -0.4 is 16.6 Å². The molecule has 0 aliphatic carbocycles. The van der Waals surface area contributed by atoms with Gasteiger partial charge in [-0.1, -0.05) is 22.6 Å². The number of nitrogens with one attached hydrogen (secondary N) is 2. The van der Waals surface area contributed by atoms with Gasteiger partial charge in [0, 0.05) is 25.2 Å². The number of aromatic nitrogens is 2. The highest BCUT2D eigenvalue weighted by atomic mass is 127. The maximum absolute atomic E-state index is 11.6. The lowest BCUT2D eigenvalue weighted by atomic mass is 10.2. The van der Waals surface area contributed by atoms with Gasteiger partial charge in [-0.15, -0.1) is 0 Å². The third kappa shape index (κ3) is 3.46. The molecule has 1 aliphatic rings. The molecule has 1 amide bonds. The molecule has 3 N–H and O–H groups in total. The molecule has 0 radical (unpaired) electrons. The van der Waals surface area contributed by atoms with Crippen LogP contribution in [0.4, 0.5) is 0 Å². The second-order valence-corrected chi connectivity index (χ2v) is 5.15. The molecule has 1 fully saturated rings. The fourth-order valence-electron chi connectivity index (χ4n) is 1.99. The number of carbonyl (C=O) groups excluding carboxylic acids is 1. The molecular formula is C11H14IN3O5. The monoisotopic (exact) mass is 395 g/mol. The fourth-order valence-corrected chi connectivity index (χ4v) is 2.26. The van der Waals surface area contributed by atoms with Gasteiger partial charge < -0.3 is 15.2 Å². The molecule has 0 bridgehead atoms. The summed E-state index contributed by atoms with van der Waals surface area (Å²) >= 11 is 1.93. The number of halogens is 1. The Morgan fingerprint density at radius 3 is 3.00 bits per heavy atom. The van der Waals surface area contributed by atoms with Gasteiger partial charge >= 0.3 is 5.69 Å². The first-order valence-corrected chi connectivity index (χ1v) is 7.51. The number of nitrogens with zero attached hydrogens (tertiary/aromatic N) is 1. The summed E-state index contributed by atoms with van der Waals surface area (Å²) in [5.41, 5.74) is -1.08. The van der Waals surface area contributed by atoms with Crippen molar-refractivity contribution in [2.75, 3.05) is 11.0 Å². The standard InChI is InChI=1S/C11H14IN3O5/c12-4-9(18)13-5-7-6(16)3-10(20-7)15-2-1-8(17)14-11(15)19/h1-2,6-7,10,16H,3-5H2,(H,13,18)(H,14,17,19). The maximum Gasteiger partial charge on any atom is 0.330 e. The van der Waals surface area contributed by atoms with E-state index >= 15 is 0 Å². The highest BCUT2D eigenvalue weighted by Gasteiger charge is 2.35. The smallest absolute Gasteiger partial charge is 0.330 e. The number of hydrogen-bond acceptors (Lipinski definition) is 5. The van der Waals surface area contributed by atoms with Gasteiger partial charge in [-0.05, 0) is 0 Å². The van der Waals surface area contributed by atoms with Crippen molar-refractivity contribution < 1.29 is 14.6 Å². The van der Waals surface area contributed by atoms with Crippen LogP contribution in [0.15, 0.2) is 21.9 Å². The van der Waals surface area contributed by atoms with Crippen molar-refractivity contribution in [3.8, 4) is 0 Å². The first kappa shape index (κ1) is 15.2. The Kier molecular flexibility index (Phi) is 4.94. The van der Waals surface area contributed by atoms with E-state index in [1.54, 1.807) is 0 Å². The second-order valence-electron chi connectivity index (χ2n) is 4.39. The molecule has 2 heterocycles. The predicted molar refractivity (Wildman–Crippen MR) is 77.8 cm³/mol. The van der Waals surface area contributed by atoms with Gasteiger partial charge in [0.1, 0.15) is 12.3 Å². The first-order chi connectivity index (χ1) is 9.51. The Bertz CT molecular complexity index is 598. The number of hydrogen-bond donors (Lipinski definition) is 3. The Balaban J connectivity index is 2.04. The topological polar surface area (TPSA) is 113 Å². The zero-order valence-corrected chi connectivity index (χ0v) is 12.6. The van der Waals surface area contributed by atoms with E-state index < -0.39 is 29.7 Å². The van der Waals surface area contributed by atoms with Gasteiger partial charge in [0.2, 0.25) is 5.91 Å². The summed E-state index contributed by atoms with van der Waals surface area (Å²) in [6, 6.07) is 1.21. The van der Waals surface area contributed by atoms with E-state index in [9.17, 15) is 19.5 Å². The minimum atomic E-state index is -0.784. The predicted octanol–water partition coefficient (Wildman–Crippen LogP) is -1.26. The second kappa shape index (κ2) is 6.50. The molecule has 20 heavy (non-hydrogen) atoms. The largest absolute Gasteiger partial charge is 0.390 e. The Labute approximate surface area is 127 Å². The molecule has 1 aromatic rings. The van der Waals surface area contributed by atoms with Crippen LogP contribution in [0.25, 0.3) is 0 Å². The van der Waals surface area contributed by atoms with Gasteiger partial charge in [-0.3, -0.25) is 19.1 Å². The SMILES string of the molecule is O=C(CI)NCC1OC(n2ccc(=O)[nH]c2=O)CC1O. The van der Waals surface area contributed by atoms with Crippen LogP contribution in [-0.2, 0) is 9.53 Å². The van der Waals surface area contributed by atoms with Gasteiger partial charge in [0.05, 0.1) is 10.5 Å². The number of ether oxygens (including phenoxy) is 1. The Hall–Kier alpha value is -1.20. The van der Waals surface area contributed by atoms with Crippen molar-refractivity contribution in [1.82, 2.24) is 14.9 Å². The summed E-state index contributed by atoms with van der Waals surface area (Å²) in [6.07, 6.45) is -0.476. The van der Waals surface area contributed by atoms with Crippen molar-refractivity contribution in [3.63, 3.8) is 0 Å². The van der Waals surface area contributed by atoms with Crippen molar-refractivity contribution in [2.24, 2.45) is 0 Å². The van der Waals surface area contributed by atoms with Crippen LogP contribution in [0.5, 0.6) is 0 Å². The average molecular weight is 395 g/mol. The molecule has 9 heteroatoms.